The number of aromatic carboxylic acids is 1. The van der Waals surface area contributed by atoms with E-state index in [1.807, 2.05) is 41.5 Å². The van der Waals surface area contributed by atoms with Gasteiger partial charge in [0.25, 0.3) is 0 Å². The number of hydrazine groups is 1. The van der Waals surface area contributed by atoms with Gasteiger partial charge in [-0.3, -0.25) is 0 Å². The van der Waals surface area contributed by atoms with Gasteiger partial charge in [0.2, 0.25) is 0 Å². The number of nitrogens with one attached hydrogen (secondary N) is 3. The van der Waals surface area contributed by atoms with E-state index in [1.54, 1.807) is 6.20 Å². The van der Waals surface area contributed by atoms with Crippen LogP contribution in [0.4, 0.5) is 10.1 Å². The Morgan fingerprint density at radius 1 is 1.30 bits per heavy atom. The Bertz CT molecular complexity index is 1490. The predicted molar refractivity (Wildman–Crippen MR) is 137 cm³/mol. The number of anilines is 1. The molecule has 1 unspecified atom stereocenters. The molecule has 4 N–H and O–H groups in total. The second kappa shape index (κ2) is 9.56. The molecule has 1 saturated carbocycles. The summed E-state index contributed by atoms with van der Waals surface area (Å²) in [4.78, 5) is 22.2. The lowest BCUT2D eigenvalue weighted by molar-refractivity contribution is -0.391. The zero-order chi connectivity index (χ0) is 25.5. The zero-order valence-electron chi connectivity index (χ0n) is 19.4. The lowest BCUT2D eigenvalue weighted by Crippen LogP contribution is -2.29. The van der Waals surface area contributed by atoms with Crippen molar-refractivity contribution in [1.29, 1.82) is 0 Å². The van der Waals surface area contributed by atoms with Crippen molar-refractivity contribution in [2.24, 2.45) is 16.3 Å². The molecule has 4 aromatic rings. The van der Waals surface area contributed by atoms with E-state index in [2.05, 4.69) is 30.8 Å². The first-order valence-electron chi connectivity index (χ1n) is 11.7. The normalized spacial score (nSPS) is 15.7. The lowest BCUT2D eigenvalue weighted by atomic mass is 9.95. The van der Waals surface area contributed by atoms with Crippen LogP contribution in [0.5, 0.6) is 0 Å². The SMILES string of the molecule is O=C(O)c1scc(-c2cnc(C(CC3CC3)c3ccc(-c4cc(Cl)ccc4N4CN=NN4)c[nH+]3)[nH]2)c1F. The summed E-state index contributed by atoms with van der Waals surface area (Å²) in [7, 11) is 0. The van der Waals surface area contributed by atoms with Crippen LogP contribution in [0.15, 0.2) is 58.4 Å². The first kappa shape index (κ1) is 23.6. The maximum absolute atomic E-state index is 14.6. The van der Waals surface area contributed by atoms with Crippen molar-refractivity contribution in [3.05, 3.63) is 75.3 Å². The molecule has 1 aliphatic carbocycles. The van der Waals surface area contributed by atoms with E-state index in [1.165, 1.54) is 18.2 Å². The van der Waals surface area contributed by atoms with Gasteiger partial charge in [-0.25, -0.2) is 24.2 Å². The van der Waals surface area contributed by atoms with Crippen molar-refractivity contribution in [2.45, 2.75) is 25.2 Å². The van der Waals surface area contributed by atoms with Crippen LogP contribution in [0.25, 0.3) is 22.4 Å². The monoisotopic (exact) mass is 538 g/mol. The van der Waals surface area contributed by atoms with Gasteiger partial charge >= 0.3 is 5.97 Å². The molecule has 0 bridgehead atoms. The Morgan fingerprint density at radius 3 is 2.84 bits per heavy atom. The van der Waals surface area contributed by atoms with E-state index in [-0.39, 0.29) is 16.4 Å². The van der Waals surface area contributed by atoms with Gasteiger partial charge in [-0.2, -0.15) is 5.53 Å². The van der Waals surface area contributed by atoms with Crippen LogP contribution < -0.4 is 15.5 Å². The predicted octanol–water partition coefficient (Wildman–Crippen LogP) is 5.69. The molecule has 1 atom stereocenters. The lowest BCUT2D eigenvalue weighted by Gasteiger charge is -2.19. The second-order valence-electron chi connectivity index (χ2n) is 9.12. The number of hydrogen-bond donors (Lipinski definition) is 3. The van der Waals surface area contributed by atoms with E-state index in [4.69, 9.17) is 11.6 Å². The van der Waals surface area contributed by atoms with E-state index >= 15 is 0 Å². The Hall–Kier alpha value is -3.83. The highest BCUT2D eigenvalue weighted by Gasteiger charge is 2.32. The fourth-order valence-electron chi connectivity index (χ4n) is 4.53. The van der Waals surface area contributed by atoms with E-state index in [0.29, 0.717) is 29.1 Å². The van der Waals surface area contributed by atoms with Gasteiger partial charge in [0.05, 0.1) is 17.6 Å². The number of H-pyrrole nitrogens is 2. The van der Waals surface area contributed by atoms with Crippen LogP contribution in [0.3, 0.4) is 0 Å². The summed E-state index contributed by atoms with van der Waals surface area (Å²) in [5, 5.41) is 21.0. The van der Waals surface area contributed by atoms with Crippen molar-refractivity contribution in [2.75, 3.05) is 11.7 Å². The van der Waals surface area contributed by atoms with Crippen molar-refractivity contribution in [3.63, 3.8) is 0 Å². The largest absolute Gasteiger partial charge is 0.477 e. The average Bonchev–Trinajstić information content (AvgIpc) is 3.27. The molecule has 0 amide bonds. The summed E-state index contributed by atoms with van der Waals surface area (Å²) >= 11 is 7.18. The summed E-state index contributed by atoms with van der Waals surface area (Å²) in [5.41, 5.74) is 7.31. The van der Waals surface area contributed by atoms with Crippen LogP contribution in [-0.2, 0) is 0 Å². The molecule has 0 saturated heterocycles. The summed E-state index contributed by atoms with van der Waals surface area (Å²) in [6.07, 6.45) is 6.76. The van der Waals surface area contributed by atoms with Gasteiger partial charge in [0.15, 0.2) is 24.4 Å². The minimum Gasteiger partial charge on any atom is -0.477 e. The zero-order valence-corrected chi connectivity index (χ0v) is 21.0. The highest BCUT2D eigenvalue weighted by atomic mass is 35.5. The molecule has 37 heavy (non-hydrogen) atoms. The van der Waals surface area contributed by atoms with E-state index in [9.17, 15) is 14.3 Å². The number of nitrogens with zero attached hydrogens (tertiary/aromatic N) is 4. The number of halogens is 2. The Labute approximate surface area is 220 Å². The van der Waals surface area contributed by atoms with Crippen molar-refractivity contribution < 1.29 is 19.3 Å². The second-order valence-corrected chi connectivity index (χ2v) is 10.4. The third-order valence-electron chi connectivity index (χ3n) is 6.62. The fraction of sp³-hybridized carbons (Fsp3) is 0.240. The minimum atomic E-state index is -1.28. The van der Waals surface area contributed by atoms with Gasteiger partial charge in [-0.15, -0.1) is 16.5 Å². The summed E-state index contributed by atoms with van der Waals surface area (Å²) in [5.74, 6) is -0.750. The van der Waals surface area contributed by atoms with Gasteiger partial charge < -0.3 is 10.1 Å². The van der Waals surface area contributed by atoms with Crippen molar-refractivity contribution >= 4 is 34.6 Å². The van der Waals surface area contributed by atoms with E-state index in [0.717, 1.165) is 40.3 Å². The van der Waals surface area contributed by atoms with Crippen molar-refractivity contribution in [1.82, 2.24) is 15.5 Å². The highest BCUT2D eigenvalue weighted by molar-refractivity contribution is 7.12. The number of hydrogen-bond acceptors (Lipinski definition) is 7. The smallest absolute Gasteiger partial charge is 0.348 e. The molecule has 4 heterocycles. The Balaban J connectivity index is 1.31. The van der Waals surface area contributed by atoms with E-state index < -0.39 is 11.8 Å². The number of aromatic amines is 2. The topological polar surface area (TPSA) is 120 Å². The maximum atomic E-state index is 14.6. The van der Waals surface area contributed by atoms with Gasteiger partial charge in [0, 0.05) is 33.2 Å². The molecule has 3 aromatic heterocycles. The van der Waals surface area contributed by atoms with Gasteiger partial charge in [-0.05, 0) is 36.6 Å². The Morgan fingerprint density at radius 2 is 2.16 bits per heavy atom. The third kappa shape index (κ3) is 4.67. The first-order valence-corrected chi connectivity index (χ1v) is 13.0. The number of rotatable bonds is 8. The summed E-state index contributed by atoms with van der Waals surface area (Å²) in [6.45, 7) is 0.402. The molecule has 2 aliphatic rings. The number of pyridine rings is 1. The quantitative estimate of drug-likeness (QED) is 0.266. The molecule has 6 rings (SSSR count). The molecule has 12 heteroatoms. The van der Waals surface area contributed by atoms with Crippen molar-refractivity contribution in [3.8, 4) is 22.4 Å². The number of benzene rings is 1. The summed E-state index contributed by atoms with van der Waals surface area (Å²) in [6, 6.07) is 9.73. The van der Waals surface area contributed by atoms with Crippen LogP contribution in [0, 0.1) is 11.7 Å². The third-order valence-corrected chi connectivity index (χ3v) is 7.80. The molecule has 188 valence electrons. The number of carbonyl (C=O) groups is 1. The molecular weight excluding hydrogens is 517 g/mol. The standard InChI is InChI=1S/C25H21ClFN7O2S/c26-15-4-6-21(34-12-30-32-33-34)16(8-15)14-3-5-19(28-9-14)17(7-13-1-2-13)24-29-10-20(31-24)18-11-37-23(22(18)27)25(35)36/h3-6,8-11,13,17H,1-2,7,12H2,(H,29,31)(H,30,33)(H,35,36)/p+1. The number of carboxylic acids is 1. The summed E-state index contributed by atoms with van der Waals surface area (Å²) < 4.78 is 14.6. The van der Waals surface area contributed by atoms with Crippen LogP contribution >= 0.6 is 22.9 Å². The number of thiophene rings is 1. The van der Waals surface area contributed by atoms with Crippen LogP contribution in [0.2, 0.25) is 5.02 Å². The van der Waals surface area contributed by atoms with Gasteiger partial charge in [-0.1, -0.05) is 29.7 Å². The van der Waals surface area contributed by atoms with Crippen LogP contribution in [0.1, 0.15) is 46.4 Å². The first-order chi connectivity index (χ1) is 18.0. The maximum Gasteiger partial charge on any atom is 0.348 e. The molecule has 1 fully saturated rings. The molecule has 0 radical (unpaired) electrons. The fourth-order valence-corrected chi connectivity index (χ4v) is 5.48. The average molecular weight is 539 g/mol. The molecule has 0 spiro atoms. The molecule has 1 aromatic carbocycles. The molecular formula is C25H22ClFN7O2S+. The number of aromatic nitrogens is 3. The number of imidazole rings is 1. The highest BCUT2D eigenvalue weighted by Crippen LogP contribution is 2.41. The van der Waals surface area contributed by atoms with Crippen LogP contribution in [-0.4, -0.2) is 27.7 Å². The number of carboxylic acid groups (broad SMARTS) is 1. The van der Waals surface area contributed by atoms with Gasteiger partial charge in [0.1, 0.15) is 16.6 Å². The molecule has 9 nitrogen and oxygen atoms in total. The molecule has 1 aliphatic heterocycles. The Kier molecular flexibility index (Phi) is 6.09. The minimum absolute atomic E-state index is 0.0485.